The normalized spacial score (nSPS) is 23.0. The van der Waals surface area contributed by atoms with Crippen molar-refractivity contribution in [1.29, 1.82) is 0 Å². The van der Waals surface area contributed by atoms with Gasteiger partial charge in [-0.25, -0.2) is 0 Å². The molecule has 0 fully saturated rings. The number of likely N-dealkylation sites (N-methyl/N-ethyl adjacent to an activating group) is 1. The van der Waals surface area contributed by atoms with Crippen LogP contribution in [-0.2, 0) is 25.0 Å². The van der Waals surface area contributed by atoms with Crippen LogP contribution in [0.4, 0.5) is 0 Å². The topological polar surface area (TPSA) is 41.3 Å². The molecular weight excluding hydrogens is 370 g/mol. The molecule has 28 heavy (non-hydrogen) atoms. The van der Waals surface area contributed by atoms with Gasteiger partial charge >= 0.3 is 0 Å². The fourth-order valence-corrected chi connectivity index (χ4v) is 5.40. The third-order valence-corrected chi connectivity index (χ3v) is 6.98. The quantitative estimate of drug-likeness (QED) is 0.700. The highest BCUT2D eigenvalue weighted by molar-refractivity contribution is 6.31. The van der Waals surface area contributed by atoms with Crippen LogP contribution >= 0.6 is 11.6 Å². The Morgan fingerprint density at radius 3 is 2.86 bits per heavy atom. The summed E-state index contributed by atoms with van der Waals surface area (Å²) in [7, 11) is 2.16. The zero-order chi connectivity index (χ0) is 19.6. The van der Waals surface area contributed by atoms with Crippen molar-refractivity contribution in [3.63, 3.8) is 0 Å². The van der Waals surface area contributed by atoms with Crippen molar-refractivity contribution in [2.24, 2.45) is 0 Å². The van der Waals surface area contributed by atoms with Gasteiger partial charge in [0.05, 0.1) is 6.04 Å². The van der Waals surface area contributed by atoms with Crippen LogP contribution in [0.2, 0.25) is 5.02 Å². The van der Waals surface area contributed by atoms with Crippen LogP contribution in [0.3, 0.4) is 0 Å². The maximum atomic E-state index is 11.8. The second-order valence-electron chi connectivity index (χ2n) is 8.49. The van der Waals surface area contributed by atoms with Gasteiger partial charge in [-0.15, -0.1) is 0 Å². The van der Waals surface area contributed by atoms with Crippen molar-refractivity contribution in [3.05, 3.63) is 63.6 Å². The Hall–Kier alpha value is -1.88. The molecule has 0 radical (unpaired) electrons. The molecule has 0 saturated carbocycles. The van der Waals surface area contributed by atoms with Gasteiger partial charge in [-0.1, -0.05) is 17.7 Å². The van der Waals surface area contributed by atoms with Gasteiger partial charge in [0.25, 0.3) is 0 Å². The molecule has 1 aliphatic heterocycles. The first-order chi connectivity index (χ1) is 13.4. The number of nitrogens with zero attached hydrogens (tertiary/aromatic N) is 3. The average molecular weight is 396 g/mol. The Kier molecular flexibility index (Phi) is 4.10. The van der Waals surface area contributed by atoms with Crippen molar-refractivity contribution >= 4 is 22.5 Å². The monoisotopic (exact) mass is 395 g/mol. The van der Waals surface area contributed by atoms with E-state index in [-0.39, 0.29) is 6.04 Å². The summed E-state index contributed by atoms with van der Waals surface area (Å²) in [5.41, 5.74) is 5.99. The lowest BCUT2D eigenvalue weighted by atomic mass is 9.88. The zero-order valence-electron chi connectivity index (χ0n) is 16.7. The van der Waals surface area contributed by atoms with E-state index < -0.39 is 5.60 Å². The highest BCUT2D eigenvalue weighted by atomic mass is 35.5. The molecule has 3 heterocycles. The summed E-state index contributed by atoms with van der Waals surface area (Å²) in [6, 6.07) is 10.2. The third-order valence-electron chi connectivity index (χ3n) is 6.74. The standard InChI is InChI=1S/C23H26ClN3O/c1-14-4-6-19-20(25-14)8-10-23(19,28)15(2)27-21-7-5-16(24)12-17(21)18-13-26(3)11-9-22(18)27/h4-7,12,15,28H,8-11,13H2,1-3H3. The third kappa shape index (κ3) is 2.55. The van der Waals surface area contributed by atoms with E-state index in [1.54, 1.807) is 0 Å². The summed E-state index contributed by atoms with van der Waals surface area (Å²) in [4.78, 5) is 7.04. The molecule has 1 aliphatic carbocycles. The number of hydrogen-bond acceptors (Lipinski definition) is 3. The molecule has 1 aromatic carbocycles. The number of rotatable bonds is 2. The Balaban J connectivity index is 1.70. The lowest BCUT2D eigenvalue weighted by Crippen LogP contribution is -2.35. The predicted octanol–water partition coefficient (Wildman–Crippen LogP) is 4.38. The van der Waals surface area contributed by atoms with Gasteiger partial charge in [0.2, 0.25) is 0 Å². The van der Waals surface area contributed by atoms with Gasteiger partial charge in [-0.05, 0) is 63.6 Å². The largest absolute Gasteiger partial charge is 0.383 e. The van der Waals surface area contributed by atoms with E-state index in [1.165, 1.54) is 22.2 Å². The maximum Gasteiger partial charge on any atom is 0.112 e. The Morgan fingerprint density at radius 2 is 2.04 bits per heavy atom. The van der Waals surface area contributed by atoms with Crippen LogP contribution in [0.1, 0.15) is 47.6 Å². The van der Waals surface area contributed by atoms with E-state index in [2.05, 4.69) is 41.6 Å². The molecule has 5 heteroatoms. The number of aliphatic hydroxyl groups is 1. The Bertz CT molecular complexity index is 1090. The number of halogens is 1. The van der Waals surface area contributed by atoms with Crippen molar-refractivity contribution in [3.8, 4) is 0 Å². The molecule has 2 aromatic heterocycles. The molecule has 2 aliphatic rings. The fraction of sp³-hybridized carbons (Fsp3) is 0.435. The summed E-state index contributed by atoms with van der Waals surface area (Å²) in [5, 5.41) is 13.8. The van der Waals surface area contributed by atoms with E-state index in [9.17, 15) is 5.11 Å². The molecule has 4 nitrogen and oxygen atoms in total. The minimum absolute atomic E-state index is 0.0749. The first-order valence-corrected chi connectivity index (χ1v) is 10.5. The van der Waals surface area contributed by atoms with Gasteiger partial charge in [0, 0.05) is 58.1 Å². The van der Waals surface area contributed by atoms with Crippen molar-refractivity contribution in [1.82, 2.24) is 14.5 Å². The van der Waals surface area contributed by atoms with E-state index in [4.69, 9.17) is 16.6 Å². The van der Waals surface area contributed by atoms with Crippen LogP contribution < -0.4 is 0 Å². The molecule has 2 atom stereocenters. The summed E-state index contributed by atoms with van der Waals surface area (Å²) >= 11 is 6.34. The first kappa shape index (κ1) is 18.2. The van der Waals surface area contributed by atoms with Crippen LogP contribution in [0.15, 0.2) is 30.3 Å². The molecule has 0 amide bonds. The van der Waals surface area contributed by atoms with Crippen LogP contribution in [0.5, 0.6) is 0 Å². The maximum absolute atomic E-state index is 11.8. The number of hydrogen-bond donors (Lipinski definition) is 1. The van der Waals surface area contributed by atoms with E-state index in [1.807, 2.05) is 19.1 Å². The SMILES string of the molecule is Cc1ccc2c(n1)CCC2(O)C(C)n1c2c(c3cc(Cl)ccc31)CN(C)CC2. The second-order valence-corrected chi connectivity index (χ2v) is 8.93. The molecule has 3 aromatic rings. The lowest BCUT2D eigenvalue weighted by Gasteiger charge is -2.35. The van der Waals surface area contributed by atoms with Gasteiger partial charge < -0.3 is 14.6 Å². The van der Waals surface area contributed by atoms with Gasteiger partial charge in [-0.2, -0.15) is 0 Å². The smallest absolute Gasteiger partial charge is 0.112 e. The second kappa shape index (κ2) is 6.31. The summed E-state index contributed by atoms with van der Waals surface area (Å²) in [5.74, 6) is 0. The van der Waals surface area contributed by atoms with Crippen LogP contribution in [0.25, 0.3) is 10.9 Å². The van der Waals surface area contributed by atoms with Gasteiger partial charge in [0.1, 0.15) is 5.60 Å². The van der Waals surface area contributed by atoms with Crippen molar-refractivity contribution < 1.29 is 5.11 Å². The lowest BCUT2D eigenvalue weighted by molar-refractivity contribution is -0.00902. The average Bonchev–Trinajstić information content (AvgIpc) is 3.16. The van der Waals surface area contributed by atoms with E-state index in [0.29, 0.717) is 6.42 Å². The molecule has 5 rings (SSSR count). The molecule has 146 valence electrons. The minimum atomic E-state index is -0.904. The number of fused-ring (bicyclic) bond motifs is 4. The predicted molar refractivity (Wildman–Crippen MR) is 113 cm³/mol. The van der Waals surface area contributed by atoms with Crippen LogP contribution in [-0.4, -0.2) is 33.1 Å². The molecule has 2 unspecified atom stereocenters. The summed E-state index contributed by atoms with van der Waals surface area (Å²) < 4.78 is 2.38. The highest BCUT2D eigenvalue weighted by Crippen LogP contribution is 2.46. The minimum Gasteiger partial charge on any atom is -0.383 e. The Morgan fingerprint density at radius 1 is 1.21 bits per heavy atom. The zero-order valence-corrected chi connectivity index (χ0v) is 17.4. The number of aryl methyl sites for hydroxylation is 2. The van der Waals surface area contributed by atoms with Gasteiger partial charge in [-0.3, -0.25) is 4.98 Å². The summed E-state index contributed by atoms with van der Waals surface area (Å²) in [6.45, 7) is 6.11. The van der Waals surface area contributed by atoms with Gasteiger partial charge in [0.15, 0.2) is 0 Å². The molecule has 0 spiro atoms. The number of aromatic nitrogens is 2. The Labute approximate surface area is 170 Å². The van der Waals surface area contributed by atoms with Crippen molar-refractivity contribution in [2.75, 3.05) is 13.6 Å². The van der Waals surface area contributed by atoms with Crippen LogP contribution in [0, 0.1) is 6.92 Å². The fourth-order valence-electron chi connectivity index (χ4n) is 5.23. The first-order valence-electron chi connectivity index (χ1n) is 10.1. The van der Waals surface area contributed by atoms with Crippen molar-refractivity contribution in [2.45, 2.75) is 51.3 Å². The molecule has 0 saturated heterocycles. The number of pyridine rings is 1. The molecular formula is C23H26ClN3O. The van der Waals surface area contributed by atoms with E-state index in [0.717, 1.165) is 47.9 Å². The summed E-state index contributed by atoms with van der Waals surface area (Å²) in [6.07, 6.45) is 2.52. The number of benzene rings is 1. The molecule has 0 bridgehead atoms. The van der Waals surface area contributed by atoms with E-state index >= 15 is 0 Å². The highest BCUT2D eigenvalue weighted by Gasteiger charge is 2.44. The molecule has 1 N–H and O–H groups in total.